The SMILES string of the molecule is Cc1cc(Cl)c(C(=O)c2ccc3c(c2)OCCO3)cc1C. The average molecular weight is 303 g/mol. The molecule has 21 heavy (non-hydrogen) atoms. The van der Waals surface area contributed by atoms with Crippen LogP contribution in [0.5, 0.6) is 11.5 Å². The van der Waals surface area contributed by atoms with Crippen molar-refractivity contribution >= 4 is 17.4 Å². The third-order valence-electron chi connectivity index (χ3n) is 3.63. The molecule has 0 aromatic heterocycles. The van der Waals surface area contributed by atoms with E-state index in [9.17, 15) is 4.79 Å². The Morgan fingerprint density at radius 1 is 1.00 bits per heavy atom. The van der Waals surface area contributed by atoms with Gasteiger partial charge in [0, 0.05) is 11.1 Å². The van der Waals surface area contributed by atoms with E-state index in [2.05, 4.69) is 0 Å². The van der Waals surface area contributed by atoms with Crippen LogP contribution in [0.15, 0.2) is 30.3 Å². The fourth-order valence-electron chi connectivity index (χ4n) is 2.30. The number of carbonyl (C=O) groups is 1. The van der Waals surface area contributed by atoms with Crippen LogP contribution in [-0.4, -0.2) is 19.0 Å². The Bertz CT molecular complexity index is 722. The van der Waals surface area contributed by atoms with Crippen molar-refractivity contribution in [1.29, 1.82) is 0 Å². The zero-order valence-corrected chi connectivity index (χ0v) is 12.7. The summed E-state index contributed by atoms with van der Waals surface area (Å²) in [6.07, 6.45) is 0. The molecule has 0 amide bonds. The molecule has 4 heteroatoms. The summed E-state index contributed by atoms with van der Waals surface area (Å²) in [4.78, 5) is 12.6. The van der Waals surface area contributed by atoms with Crippen LogP contribution >= 0.6 is 11.6 Å². The van der Waals surface area contributed by atoms with Crippen LogP contribution in [0.2, 0.25) is 5.02 Å². The largest absolute Gasteiger partial charge is 0.486 e. The van der Waals surface area contributed by atoms with Crippen molar-refractivity contribution in [2.45, 2.75) is 13.8 Å². The molecule has 108 valence electrons. The molecule has 0 atom stereocenters. The van der Waals surface area contributed by atoms with Gasteiger partial charge in [-0.2, -0.15) is 0 Å². The van der Waals surface area contributed by atoms with Gasteiger partial charge in [0.25, 0.3) is 0 Å². The van der Waals surface area contributed by atoms with Crippen LogP contribution in [-0.2, 0) is 0 Å². The number of hydrogen-bond acceptors (Lipinski definition) is 3. The predicted octanol–water partition coefficient (Wildman–Crippen LogP) is 3.96. The van der Waals surface area contributed by atoms with Crippen LogP contribution in [0.25, 0.3) is 0 Å². The summed E-state index contributed by atoms with van der Waals surface area (Å²) in [5, 5.41) is 0.470. The van der Waals surface area contributed by atoms with Gasteiger partial charge in [0.1, 0.15) is 13.2 Å². The maximum absolute atomic E-state index is 12.6. The smallest absolute Gasteiger partial charge is 0.194 e. The Hall–Kier alpha value is -2.00. The summed E-state index contributed by atoms with van der Waals surface area (Å²) in [6.45, 7) is 4.96. The predicted molar refractivity (Wildman–Crippen MR) is 81.8 cm³/mol. The van der Waals surface area contributed by atoms with Gasteiger partial charge in [-0.05, 0) is 55.3 Å². The quantitative estimate of drug-likeness (QED) is 0.788. The minimum absolute atomic E-state index is 0.111. The lowest BCUT2D eigenvalue weighted by Gasteiger charge is -2.18. The topological polar surface area (TPSA) is 35.5 Å². The zero-order valence-electron chi connectivity index (χ0n) is 11.9. The Kier molecular flexibility index (Phi) is 3.60. The molecule has 1 aliphatic heterocycles. The number of hydrogen-bond donors (Lipinski definition) is 0. The van der Waals surface area contributed by atoms with Crippen molar-refractivity contribution in [2.24, 2.45) is 0 Å². The van der Waals surface area contributed by atoms with Gasteiger partial charge >= 0.3 is 0 Å². The lowest BCUT2D eigenvalue weighted by Crippen LogP contribution is -2.16. The first-order chi connectivity index (χ1) is 10.1. The molecule has 0 N–H and O–H groups in total. The number of ether oxygens (including phenoxy) is 2. The molecule has 2 aromatic carbocycles. The summed E-state index contributed by atoms with van der Waals surface area (Å²) in [5.74, 6) is 1.16. The van der Waals surface area contributed by atoms with E-state index in [1.54, 1.807) is 18.2 Å². The highest BCUT2D eigenvalue weighted by molar-refractivity contribution is 6.35. The van der Waals surface area contributed by atoms with E-state index in [-0.39, 0.29) is 5.78 Å². The Morgan fingerprint density at radius 3 is 2.43 bits per heavy atom. The minimum atomic E-state index is -0.111. The fourth-order valence-corrected chi connectivity index (χ4v) is 2.60. The number of halogens is 1. The molecule has 0 radical (unpaired) electrons. The van der Waals surface area contributed by atoms with Gasteiger partial charge < -0.3 is 9.47 Å². The molecular weight excluding hydrogens is 288 g/mol. The number of carbonyl (C=O) groups excluding carboxylic acids is 1. The summed E-state index contributed by atoms with van der Waals surface area (Å²) in [5.41, 5.74) is 3.17. The monoisotopic (exact) mass is 302 g/mol. The lowest BCUT2D eigenvalue weighted by molar-refractivity contribution is 0.103. The Labute approximate surface area is 128 Å². The van der Waals surface area contributed by atoms with Crippen LogP contribution in [0, 0.1) is 13.8 Å². The lowest BCUT2D eigenvalue weighted by atomic mass is 9.99. The highest BCUT2D eigenvalue weighted by Gasteiger charge is 2.18. The van der Waals surface area contributed by atoms with E-state index in [1.165, 1.54) is 0 Å². The van der Waals surface area contributed by atoms with Crippen molar-refractivity contribution in [1.82, 2.24) is 0 Å². The fraction of sp³-hybridized carbons (Fsp3) is 0.235. The van der Waals surface area contributed by atoms with Gasteiger partial charge in [-0.15, -0.1) is 0 Å². The Morgan fingerprint density at radius 2 is 1.67 bits per heavy atom. The number of benzene rings is 2. The number of aryl methyl sites for hydroxylation is 2. The van der Waals surface area contributed by atoms with Gasteiger partial charge in [0.2, 0.25) is 0 Å². The van der Waals surface area contributed by atoms with Crippen LogP contribution in [0.3, 0.4) is 0 Å². The van der Waals surface area contributed by atoms with E-state index >= 15 is 0 Å². The van der Waals surface area contributed by atoms with E-state index in [1.807, 2.05) is 26.0 Å². The second kappa shape index (κ2) is 5.41. The van der Waals surface area contributed by atoms with Gasteiger partial charge in [0.15, 0.2) is 17.3 Å². The standard InChI is InChI=1S/C17H15ClO3/c1-10-7-13(14(18)8-11(10)2)17(19)12-3-4-15-16(9-12)21-6-5-20-15/h3-4,7-9H,5-6H2,1-2H3. The van der Waals surface area contributed by atoms with E-state index in [4.69, 9.17) is 21.1 Å². The second-order valence-corrected chi connectivity index (χ2v) is 5.51. The molecule has 0 fully saturated rings. The maximum atomic E-state index is 12.6. The van der Waals surface area contributed by atoms with Gasteiger partial charge in [-0.3, -0.25) is 4.79 Å². The summed E-state index contributed by atoms with van der Waals surface area (Å²) >= 11 is 6.21. The van der Waals surface area contributed by atoms with Crippen molar-refractivity contribution in [3.8, 4) is 11.5 Å². The molecule has 3 nitrogen and oxygen atoms in total. The molecule has 1 heterocycles. The zero-order chi connectivity index (χ0) is 15.0. The van der Waals surface area contributed by atoms with Crippen LogP contribution < -0.4 is 9.47 Å². The molecule has 0 saturated heterocycles. The molecule has 2 aromatic rings. The third-order valence-corrected chi connectivity index (χ3v) is 3.95. The molecule has 1 aliphatic rings. The molecule has 0 unspecified atom stereocenters. The van der Waals surface area contributed by atoms with E-state index in [0.29, 0.717) is 40.9 Å². The van der Waals surface area contributed by atoms with E-state index in [0.717, 1.165) is 11.1 Å². The highest BCUT2D eigenvalue weighted by Crippen LogP contribution is 2.32. The molecular formula is C17H15ClO3. The van der Waals surface area contributed by atoms with Gasteiger partial charge in [0.05, 0.1) is 5.02 Å². The van der Waals surface area contributed by atoms with Gasteiger partial charge in [-0.1, -0.05) is 11.6 Å². The van der Waals surface area contributed by atoms with Crippen molar-refractivity contribution in [2.75, 3.05) is 13.2 Å². The number of fused-ring (bicyclic) bond motifs is 1. The number of rotatable bonds is 2. The average Bonchev–Trinajstić information content (AvgIpc) is 2.50. The molecule has 3 rings (SSSR count). The second-order valence-electron chi connectivity index (χ2n) is 5.10. The van der Waals surface area contributed by atoms with Crippen molar-refractivity contribution < 1.29 is 14.3 Å². The number of ketones is 1. The van der Waals surface area contributed by atoms with Crippen LogP contribution in [0.4, 0.5) is 0 Å². The Balaban J connectivity index is 2.01. The maximum Gasteiger partial charge on any atom is 0.194 e. The minimum Gasteiger partial charge on any atom is -0.486 e. The summed E-state index contributed by atoms with van der Waals surface area (Å²) in [6, 6.07) is 8.86. The molecule has 0 aliphatic carbocycles. The third kappa shape index (κ3) is 2.61. The molecule has 0 spiro atoms. The summed E-state index contributed by atoms with van der Waals surface area (Å²) < 4.78 is 11.0. The highest BCUT2D eigenvalue weighted by atomic mass is 35.5. The van der Waals surface area contributed by atoms with Crippen molar-refractivity contribution in [3.63, 3.8) is 0 Å². The first-order valence-electron chi connectivity index (χ1n) is 6.77. The van der Waals surface area contributed by atoms with Crippen LogP contribution in [0.1, 0.15) is 27.0 Å². The first-order valence-corrected chi connectivity index (χ1v) is 7.15. The summed E-state index contributed by atoms with van der Waals surface area (Å²) in [7, 11) is 0. The van der Waals surface area contributed by atoms with E-state index < -0.39 is 0 Å². The molecule has 0 saturated carbocycles. The molecule has 0 bridgehead atoms. The first kappa shape index (κ1) is 14.0. The van der Waals surface area contributed by atoms with Gasteiger partial charge in [-0.25, -0.2) is 0 Å². The van der Waals surface area contributed by atoms with Crippen molar-refractivity contribution in [3.05, 3.63) is 57.6 Å². The normalized spacial score (nSPS) is 13.1.